The molecule has 1 amide bonds. The summed E-state index contributed by atoms with van der Waals surface area (Å²) >= 11 is 0. The first kappa shape index (κ1) is 25.9. The fraction of sp³-hybridized carbons (Fsp3) is 0.385. The highest BCUT2D eigenvalue weighted by Gasteiger charge is 2.46. The van der Waals surface area contributed by atoms with Gasteiger partial charge in [-0.05, 0) is 56.8 Å². The molecule has 0 unspecified atom stereocenters. The molecule has 1 aliphatic rings. The van der Waals surface area contributed by atoms with Gasteiger partial charge >= 0.3 is 0 Å². The number of aliphatic hydroxyl groups excluding tert-OH is 1. The van der Waals surface area contributed by atoms with Gasteiger partial charge in [-0.25, -0.2) is 0 Å². The Morgan fingerprint density at radius 1 is 1.20 bits per heavy atom. The minimum absolute atomic E-state index is 0.0895. The van der Waals surface area contributed by atoms with E-state index >= 15 is 0 Å². The highest BCUT2D eigenvalue weighted by Crippen LogP contribution is 2.40. The lowest BCUT2D eigenvalue weighted by Gasteiger charge is -2.26. The Morgan fingerprint density at radius 2 is 1.94 bits per heavy atom. The quantitative estimate of drug-likeness (QED) is 0.136. The van der Waals surface area contributed by atoms with E-state index in [1.54, 1.807) is 24.3 Å². The Morgan fingerprint density at radius 3 is 2.57 bits per heavy atom. The number of Topliss-reactive ketones (excluding diaryl/α,β-unsaturated/α-hetero) is 1. The number of aliphatic hydroxyl groups is 1. The fourth-order valence-corrected chi connectivity index (χ4v) is 4.01. The maximum atomic E-state index is 13.1. The average Bonchev–Trinajstić information content (AvgIpc) is 3.08. The van der Waals surface area contributed by atoms with Gasteiger partial charge < -0.3 is 19.6 Å². The second kappa shape index (κ2) is 11.1. The molecule has 9 heteroatoms. The minimum Gasteiger partial charge on any atom is -0.507 e. The molecule has 9 nitrogen and oxygen atoms in total. The number of aryl methyl sites for hydroxylation is 1. The standard InChI is InChI=1S/C26H31N3O6/c1-5-6-14-35-21-11-10-19(15-17(21)2)24(30)22-23(18-8-7-9-20(16-18)29(33)34)28(13-12-27(3)4)26(32)25(22)31/h7-11,15-16,23,30H,5-6,12-14H2,1-4H3/t23-/m0/s1. The van der Waals surface area contributed by atoms with E-state index in [1.807, 2.05) is 25.9 Å². The number of unbranched alkanes of at least 4 members (excludes halogenated alkanes) is 1. The largest absolute Gasteiger partial charge is 0.507 e. The number of amides is 1. The van der Waals surface area contributed by atoms with Gasteiger partial charge in [-0.1, -0.05) is 25.5 Å². The second-order valence-electron chi connectivity index (χ2n) is 8.83. The maximum absolute atomic E-state index is 13.1. The summed E-state index contributed by atoms with van der Waals surface area (Å²) in [5.74, 6) is -1.22. The van der Waals surface area contributed by atoms with Crippen molar-refractivity contribution < 1.29 is 24.4 Å². The molecule has 1 N–H and O–H groups in total. The minimum atomic E-state index is -0.948. The van der Waals surface area contributed by atoms with Gasteiger partial charge in [-0.2, -0.15) is 0 Å². The van der Waals surface area contributed by atoms with Crippen LogP contribution in [0.25, 0.3) is 5.76 Å². The molecule has 1 saturated heterocycles. The third-order valence-electron chi connectivity index (χ3n) is 5.93. The zero-order valence-electron chi connectivity index (χ0n) is 20.5. The number of hydrogen-bond donors (Lipinski definition) is 1. The van der Waals surface area contributed by atoms with E-state index in [0.29, 0.717) is 30.0 Å². The lowest BCUT2D eigenvalue weighted by molar-refractivity contribution is -0.384. The Labute approximate surface area is 204 Å². The summed E-state index contributed by atoms with van der Waals surface area (Å²) < 4.78 is 5.78. The monoisotopic (exact) mass is 481 g/mol. The molecule has 35 heavy (non-hydrogen) atoms. The molecule has 0 radical (unpaired) electrons. The molecular formula is C26H31N3O6. The lowest BCUT2D eigenvalue weighted by Crippen LogP contribution is -2.35. The summed E-state index contributed by atoms with van der Waals surface area (Å²) in [6.45, 7) is 5.17. The van der Waals surface area contributed by atoms with E-state index in [4.69, 9.17) is 4.74 Å². The topological polar surface area (TPSA) is 113 Å². The van der Waals surface area contributed by atoms with Crippen LogP contribution in [0.15, 0.2) is 48.0 Å². The van der Waals surface area contributed by atoms with E-state index in [1.165, 1.54) is 23.1 Å². The molecule has 2 aromatic carbocycles. The number of likely N-dealkylation sites (tertiary alicyclic amines) is 1. The van der Waals surface area contributed by atoms with Crippen molar-refractivity contribution in [3.05, 3.63) is 74.8 Å². The van der Waals surface area contributed by atoms with Crippen LogP contribution in [0, 0.1) is 17.0 Å². The van der Waals surface area contributed by atoms with Crippen molar-refractivity contribution in [1.82, 2.24) is 9.80 Å². The summed E-state index contributed by atoms with van der Waals surface area (Å²) in [5.41, 5.74) is 1.28. The van der Waals surface area contributed by atoms with Gasteiger partial charge in [-0.15, -0.1) is 0 Å². The third-order valence-corrected chi connectivity index (χ3v) is 5.93. The molecule has 0 aromatic heterocycles. The first-order chi connectivity index (χ1) is 16.6. The molecule has 186 valence electrons. The number of ketones is 1. The summed E-state index contributed by atoms with van der Waals surface area (Å²) in [4.78, 5) is 40.2. The van der Waals surface area contributed by atoms with Crippen LogP contribution in [0.5, 0.6) is 5.75 Å². The third kappa shape index (κ3) is 5.68. The van der Waals surface area contributed by atoms with Crippen molar-refractivity contribution in [2.75, 3.05) is 33.8 Å². The van der Waals surface area contributed by atoms with E-state index < -0.39 is 22.7 Å². The molecule has 1 heterocycles. The van der Waals surface area contributed by atoms with Crippen molar-refractivity contribution in [2.24, 2.45) is 0 Å². The van der Waals surface area contributed by atoms with Gasteiger partial charge in [0.1, 0.15) is 11.5 Å². The zero-order valence-corrected chi connectivity index (χ0v) is 20.5. The van der Waals surface area contributed by atoms with Crippen LogP contribution >= 0.6 is 0 Å². The van der Waals surface area contributed by atoms with Crippen molar-refractivity contribution in [1.29, 1.82) is 0 Å². The number of carbonyl (C=O) groups excluding carboxylic acids is 2. The van der Waals surface area contributed by atoms with Crippen LogP contribution < -0.4 is 4.74 Å². The molecule has 2 aromatic rings. The molecule has 3 rings (SSSR count). The van der Waals surface area contributed by atoms with Crippen LogP contribution in [0.3, 0.4) is 0 Å². The normalized spacial score (nSPS) is 17.3. The van der Waals surface area contributed by atoms with Crippen LogP contribution in [-0.2, 0) is 9.59 Å². The smallest absolute Gasteiger partial charge is 0.295 e. The Hall–Kier alpha value is -3.72. The number of nitro benzene ring substituents is 1. The van der Waals surface area contributed by atoms with Gasteiger partial charge in [0.05, 0.1) is 23.1 Å². The fourth-order valence-electron chi connectivity index (χ4n) is 4.01. The molecular weight excluding hydrogens is 450 g/mol. The number of carbonyl (C=O) groups is 2. The Kier molecular flexibility index (Phi) is 8.24. The number of benzene rings is 2. The van der Waals surface area contributed by atoms with Gasteiger partial charge in [0.25, 0.3) is 17.4 Å². The van der Waals surface area contributed by atoms with Crippen molar-refractivity contribution in [2.45, 2.75) is 32.7 Å². The summed E-state index contributed by atoms with van der Waals surface area (Å²) in [6, 6.07) is 9.93. The van der Waals surface area contributed by atoms with Crippen LogP contribution in [0.2, 0.25) is 0 Å². The molecule has 0 aliphatic carbocycles. The van der Waals surface area contributed by atoms with E-state index in [0.717, 1.165) is 18.4 Å². The summed E-state index contributed by atoms with van der Waals surface area (Å²) in [7, 11) is 3.68. The van der Waals surface area contributed by atoms with Gasteiger partial charge in [0.15, 0.2) is 0 Å². The number of hydrogen-bond acceptors (Lipinski definition) is 7. The summed E-state index contributed by atoms with van der Waals surface area (Å²) in [5, 5.41) is 22.6. The van der Waals surface area contributed by atoms with Crippen molar-refractivity contribution in [3.8, 4) is 5.75 Å². The zero-order chi connectivity index (χ0) is 25.7. The first-order valence-corrected chi connectivity index (χ1v) is 11.6. The second-order valence-corrected chi connectivity index (χ2v) is 8.83. The van der Waals surface area contributed by atoms with Crippen molar-refractivity contribution >= 4 is 23.1 Å². The van der Waals surface area contributed by atoms with Gasteiger partial charge in [-0.3, -0.25) is 19.7 Å². The first-order valence-electron chi connectivity index (χ1n) is 11.6. The van der Waals surface area contributed by atoms with Crippen molar-refractivity contribution in [3.63, 3.8) is 0 Å². The number of nitrogens with zero attached hydrogens (tertiary/aromatic N) is 3. The SMILES string of the molecule is CCCCOc1ccc(C(O)=C2C(=O)C(=O)N(CCN(C)C)[C@H]2c2cccc([N+](=O)[O-])c2)cc1C. The van der Waals surface area contributed by atoms with Crippen LogP contribution in [0.4, 0.5) is 5.69 Å². The highest BCUT2D eigenvalue weighted by molar-refractivity contribution is 6.46. The van der Waals surface area contributed by atoms with Crippen LogP contribution in [-0.4, -0.2) is 65.3 Å². The number of ether oxygens (including phenoxy) is 1. The van der Waals surface area contributed by atoms with Gasteiger partial charge in [0.2, 0.25) is 0 Å². The molecule has 0 spiro atoms. The molecule has 1 aliphatic heterocycles. The predicted molar refractivity (Wildman–Crippen MR) is 132 cm³/mol. The van der Waals surface area contributed by atoms with E-state index in [9.17, 15) is 24.8 Å². The number of non-ortho nitro benzene ring substituents is 1. The Bertz CT molecular complexity index is 1160. The van der Waals surface area contributed by atoms with E-state index in [2.05, 4.69) is 6.92 Å². The molecule has 0 saturated carbocycles. The average molecular weight is 482 g/mol. The Balaban J connectivity index is 2.10. The molecule has 1 atom stereocenters. The highest BCUT2D eigenvalue weighted by atomic mass is 16.6. The molecule has 1 fully saturated rings. The van der Waals surface area contributed by atoms with E-state index in [-0.39, 0.29) is 23.6 Å². The summed E-state index contributed by atoms with van der Waals surface area (Å²) in [6.07, 6.45) is 1.92. The molecule has 0 bridgehead atoms. The predicted octanol–water partition coefficient (Wildman–Crippen LogP) is 4.07. The number of likely N-dealkylation sites (N-methyl/N-ethyl adjacent to an activating group) is 1. The van der Waals surface area contributed by atoms with Crippen LogP contribution in [0.1, 0.15) is 42.5 Å². The number of nitro groups is 1. The maximum Gasteiger partial charge on any atom is 0.295 e. The number of rotatable bonds is 10. The lowest BCUT2D eigenvalue weighted by atomic mass is 9.94. The van der Waals surface area contributed by atoms with Gasteiger partial charge in [0, 0.05) is 30.8 Å².